The monoisotopic (exact) mass is 274 g/mol. The Morgan fingerprint density at radius 3 is 2.45 bits per heavy atom. The number of hydrogen-bond acceptors (Lipinski definition) is 2. The molecule has 2 heteroatoms. The molecule has 1 atom stereocenters. The number of hydrogen-bond donors (Lipinski definition) is 1. The molecule has 1 fully saturated rings. The van der Waals surface area contributed by atoms with Gasteiger partial charge in [-0.05, 0) is 55.3 Å². The first-order chi connectivity index (χ1) is 9.45. The van der Waals surface area contributed by atoms with E-state index in [9.17, 15) is 0 Å². The molecule has 0 unspecified atom stereocenters. The van der Waals surface area contributed by atoms with Crippen molar-refractivity contribution in [1.29, 1.82) is 0 Å². The molecule has 1 aromatic rings. The van der Waals surface area contributed by atoms with Gasteiger partial charge in [0.25, 0.3) is 0 Å². The van der Waals surface area contributed by atoms with Gasteiger partial charge >= 0.3 is 0 Å². The predicted molar refractivity (Wildman–Crippen MR) is 87.1 cm³/mol. The van der Waals surface area contributed by atoms with Crippen LogP contribution < -0.4 is 5.73 Å². The molecule has 2 N–H and O–H groups in total. The van der Waals surface area contributed by atoms with Crippen LogP contribution in [0.1, 0.15) is 51.2 Å². The van der Waals surface area contributed by atoms with Crippen molar-refractivity contribution in [3.05, 3.63) is 35.4 Å². The number of nitrogens with zero attached hydrogens (tertiary/aromatic N) is 1. The van der Waals surface area contributed by atoms with Crippen molar-refractivity contribution in [2.45, 2.75) is 57.9 Å². The first-order valence-corrected chi connectivity index (χ1v) is 8.02. The van der Waals surface area contributed by atoms with Crippen molar-refractivity contribution in [2.75, 3.05) is 19.6 Å². The van der Waals surface area contributed by atoms with Crippen molar-refractivity contribution in [2.24, 2.45) is 5.73 Å². The third-order valence-electron chi connectivity index (χ3n) is 4.40. The summed E-state index contributed by atoms with van der Waals surface area (Å²) in [5.74, 6) is 0. The van der Waals surface area contributed by atoms with Crippen LogP contribution in [0.25, 0.3) is 0 Å². The van der Waals surface area contributed by atoms with Crippen LogP contribution in [-0.4, -0.2) is 30.6 Å². The quantitative estimate of drug-likeness (QED) is 0.916. The highest BCUT2D eigenvalue weighted by Crippen LogP contribution is 2.22. The largest absolute Gasteiger partial charge is 0.328 e. The summed E-state index contributed by atoms with van der Waals surface area (Å²) in [5, 5.41) is 0. The molecular formula is C18H30N2. The van der Waals surface area contributed by atoms with Gasteiger partial charge in [0.1, 0.15) is 0 Å². The molecule has 0 radical (unpaired) electrons. The molecule has 0 aromatic heterocycles. The highest BCUT2D eigenvalue weighted by atomic mass is 15.1. The van der Waals surface area contributed by atoms with E-state index in [-0.39, 0.29) is 5.41 Å². The molecule has 20 heavy (non-hydrogen) atoms. The maximum absolute atomic E-state index is 6.03. The first kappa shape index (κ1) is 15.5. The lowest BCUT2D eigenvalue weighted by Crippen LogP contribution is -2.28. The molecule has 0 saturated carbocycles. The van der Waals surface area contributed by atoms with Crippen LogP contribution in [0, 0.1) is 0 Å². The first-order valence-electron chi connectivity index (χ1n) is 8.02. The molecule has 0 aliphatic carbocycles. The molecule has 1 aromatic carbocycles. The fraction of sp³-hybridized carbons (Fsp3) is 0.667. The van der Waals surface area contributed by atoms with Crippen LogP contribution >= 0.6 is 0 Å². The maximum Gasteiger partial charge on any atom is 0.00514 e. The Kier molecular flexibility index (Phi) is 5.22. The molecule has 1 aliphatic heterocycles. The van der Waals surface area contributed by atoms with E-state index in [2.05, 4.69) is 49.9 Å². The van der Waals surface area contributed by atoms with E-state index < -0.39 is 0 Å². The molecular weight excluding hydrogens is 244 g/mol. The molecule has 0 spiro atoms. The van der Waals surface area contributed by atoms with E-state index in [1.807, 2.05) is 0 Å². The van der Waals surface area contributed by atoms with Crippen LogP contribution in [0.3, 0.4) is 0 Å². The lowest BCUT2D eigenvalue weighted by atomic mass is 9.86. The summed E-state index contributed by atoms with van der Waals surface area (Å²) in [7, 11) is 0. The third-order valence-corrected chi connectivity index (χ3v) is 4.40. The number of rotatable bonds is 3. The molecule has 2 rings (SSSR count). The Balaban J connectivity index is 1.84. The predicted octanol–water partition coefficient (Wildman–Crippen LogP) is 3.34. The van der Waals surface area contributed by atoms with Gasteiger partial charge < -0.3 is 10.6 Å². The van der Waals surface area contributed by atoms with Crippen LogP contribution in [0.2, 0.25) is 0 Å². The van der Waals surface area contributed by atoms with Gasteiger partial charge in [-0.3, -0.25) is 0 Å². The molecule has 112 valence electrons. The van der Waals surface area contributed by atoms with Gasteiger partial charge in [0.15, 0.2) is 0 Å². The summed E-state index contributed by atoms with van der Waals surface area (Å²) >= 11 is 0. The molecule has 1 aliphatic rings. The van der Waals surface area contributed by atoms with Crippen molar-refractivity contribution >= 4 is 0 Å². The summed E-state index contributed by atoms with van der Waals surface area (Å²) in [4.78, 5) is 2.57. The highest BCUT2D eigenvalue weighted by Gasteiger charge is 2.15. The van der Waals surface area contributed by atoms with E-state index >= 15 is 0 Å². The second kappa shape index (κ2) is 6.73. The summed E-state index contributed by atoms with van der Waals surface area (Å²) in [6, 6.07) is 9.58. The average Bonchev–Trinajstić information content (AvgIpc) is 2.61. The van der Waals surface area contributed by atoms with Gasteiger partial charge in [-0.15, -0.1) is 0 Å². The zero-order chi connectivity index (χ0) is 14.6. The lowest BCUT2D eigenvalue weighted by molar-refractivity contribution is 0.287. The fourth-order valence-corrected chi connectivity index (χ4v) is 2.86. The van der Waals surface area contributed by atoms with Gasteiger partial charge in [0.05, 0.1) is 0 Å². The van der Waals surface area contributed by atoms with E-state index in [0.717, 1.165) is 12.8 Å². The Bertz CT molecular complexity index is 402. The minimum absolute atomic E-state index is 0.249. The zero-order valence-corrected chi connectivity index (χ0v) is 13.4. The van der Waals surface area contributed by atoms with Crippen molar-refractivity contribution < 1.29 is 0 Å². The van der Waals surface area contributed by atoms with Crippen LogP contribution in [0.5, 0.6) is 0 Å². The normalized spacial score (nSPS) is 21.7. The summed E-state index contributed by atoms with van der Waals surface area (Å²) in [6.45, 7) is 10.4. The SMILES string of the molecule is CC(C)(C)c1ccc(CCN2CCC[C@H](N)CC2)cc1. The van der Waals surface area contributed by atoms with E-state index in [4.69, 9.17) is 5.73 Å². The van der Waals surface area contributed by atoms with E-state index in [0.29, 0.717) is 6.04 Å². The minimum atomic E-state index is 0.249. The van der Waals surface area contributed by atoms with Crippen molar-refractivity contribution in [3.63, 3.8) is 0 Å². The summed E-state index contributed by atoms with van der Waals surface area (Å²) in [6.07, 6.45) is 4.75. The van der Waals surface area contributed by atoms with Crippen LogP contribution in [0.15, 0.2) is 24.3 Å². The highest BCUT2D eigenvalue weighted by molar-refractivity contribution is 5.27. The lowest BCUT2D eigenvalue weighted by Gasteiger charge is -2.21. The molecule has 0 amide bonds. The third kappa shape index (κ3) is 4.60. The van der Waals surface area contributed by atoms with E-state index in [1.54, 1.807) is 0 Å². The van der Waals surface area contributed by atoms with Gasteiger partial charge in [0.2, 0.25) is 0 Å². The summed E-state index contributed by atoms with van der Waals surface area (Å²) < 4.78 is 0. The molecule has 2 nitrogen and oxygen atoms in total. The number of nitrogens with two attached hydrogens (primary N) is 1. The Morgan fingerprint density at radius 1 is 1.10 bits per heavy atom. The van der Waals surface area contributed by atoms with Crippen LogP contribution in [-0.2, 0) is 11.8 Å². The Morgan fingerprint density at radius 2 is 1.80 bits per heavy atom. The van der Waals surface area contributed by atoms with Gasteiger partial charge in [-0.25, -0.2) is 0 Å². The summed E-state index contributed by atoms with van der Waals surface area (Å²) in [5.41, 5.74) is 9.15. The molecule has 1 saturated heterocycles. The van der Waals surface area contributed by atoms with Gasteiger partial charge in [-0.2, -0.15) is 0 Å². The Labute approximate surface area is 124 Å². The average molecular weight is 274 g/mol. The fourth-order valence-electron chi connectivity index (χ4n) is 2.86. The zero-order valence-electron chi connectivity index (χ0n) is 13.4. The van der Waals surface area contributed by atoms with E-state index in [1.165, 1.54) is 43.6 Å². The number of likely N-dealkylation sites (tertiary alicyclic amines) is 1. The van der Waals surface area contributed by atoms with Crippen molar-refractivity contribution in [3.8, 4) is 0 Å². The minimum Gasteiger partial charge on any atom is -0.328 e. The Hall–Kier alpha value is -0.860. The topological polar surface area (TPSA) is 29.3 Å². The maximum atomic E-state index is 6.03. The second-order valence-corrected chi connectivity index (χ2v) is 7.23. The van der Waals surface area contributed by atoms with Crippen LogP contribution in [0.4, 0.5) is 0 Å². The smallest absolute Gasteiger partial charge is 0.00514 e. The molecule has 0 bridgehead atoms. The second-order valence-electron chi connectivity index (χ2n) is 7.23. The number of benzene rings is 1. The molecule has 1 heterocycles. The van der Waals surface area contributed by atoms with Gasteiger partial charge in [-0.1, -0.05) is 45.0 Å². The van der Waals surface area contributed by atoms with Crippen molar-refractivity contribution in [1.82, 2.24) is 4.90 Å². The standard InChI is InChI=1S/C18H30N2/c1-18(2,3)16-8-6-15(7-9-16)10-13-20-12-4-5-17(19)11-14-20/h6-9,17H,4-5,10-14,19H2,1-3H3/t17-/m0/s1. The van der Waals surface area contributed by atoms with Gasteiger partial charge in [0, 0.05) is 12.6 Å².